The van der Waals surface area contributed by atoms with E-state index in [1.807, 2.05) is 12.1 Å². The molecule has 28 heavy (non-hydrogen) atoms. The van der Waals surface area contributed by atoms with Crippen LogP contribution in [-0.4, -0.2) is 17.0 Å². The Bertz CT molecular complexity index is 825. The molecular weight excluding hydrogens is 354 g/mol. The van der Waals surface area contributed by atoms with E-state index in [0.717, 1.165) is 5.69 Å². The van der Waals surface area contributed by atoms with Gasteiger partial charge in [0.15, 0.2) is 5.82 Å². The van der Waals surface area contributed by atoms with Crippen LogP contribution in [0.1, 0.15) is 57.8 Å². The predicted octanol–water partition coefficient (Wildman–Crippen LogP) is 4.66. The lowest BCUT2D eigenvalue weighted by Gasteiger charge is -2.27. The van der Waals surface area contributed by atoms with Crippen LogP contribution in [0, 0.1) is 18.8 Å². The van der Waals surface area contributed by atoms with Crippen molar-refractivity contribution in [1.82, 2.24) is 5.16 Å². The quantitative estimate of drug-likeness (QED) is 0.804. The molecule has 150 valence electrons. The smallest absolute Gasteiger partial charge is 0.228 e. The highest BCUT2D eigenvalue weighted by Crippen LogP contribution is 2.31. The number of rotatable bonds is 4. The Morgan fingerprint density at radius 2 is 1.50 bits per heavy atom. The Hall–Kier alpha value is -2.63. The minimum absolute atomic E-state index is 0.0366. The lowest BCUT2D eigenvalue weighted by Crippen LogP contribution is -2.32. The van der Waals surface area contributed by atoms with Crippen molar-refractivity contribution in [2.24, 2.45) is 11.8 Å². The molecule has 1 aliphatic carbocycles. The van der Waals surface area contributed by atoms with E-state index in [1.165, 1.54) is 5.56 Å². The summed E-state index contributed by atoms with van der Waals surface area (Å²) < 4.78 is 4.97. The monoisotopic (exact) mass is 383 g/mol. The fourth-order valence-electron chi connectivity index (χ4n) is 3.57. The Balaban J connectivity index is 1.49. The van der Waals surface area contributed by atoms with Crippen LogP contribution in [0.25, 0.3) is 0 Å². The Labute approximate surface area is 166 Å². The summed E-state index contributed by atoms with van der Waals surface area (Å²) in [6, 6.07) is 9.72. The molecule has 0 saturated heterocycles. The predicted molar refractivity (Wildman–Crippen MR) is 109 cm³/mol. The highest BCUT2D eigenvalue weighted by molar-refractivity contribution is 5.94. The first-order valence-corrected chi connectivity index (χ1v) is 9.88. The molecule has 0 radical (unpaired) electrons. The SMILES string of the molecule is Cc1cc(NC(=O)C2CCC(C(=O)Nc3ccc(C(C)(C)C)cc3)CC2)no1. The second-order valence-electron chi connectivity index (χ2n) is 8.68. The first-order chi connectivity index (χ1) is 13.2. The Morgan fingerprint density at radius 1 is 0.964 bits per heavy atom. The summed E-state index contributed by atoms with van der Waals surface area (Å²) in [7, 11) is 0. The number of nitrogens with one attached hydrogen (secondary N) is 2. The van der Waals surface area contributed by atoms with Crippen molar-refractivity contribution in [1.29, 1.82) is 0 Å². The summed E-state index contributed by atoms with van der Waals surface area (Å²) >= 11 is 0. The van der Waals surface area contributed by atoms with E-state index in [9.17, 15) is 9.59 Å². The van der Waals surface area contributed by atoms with E-state index in [-0.39, 0.29) is 29.1 Å². The minimum atomic E-state index is -0.0906. The number of carbonyl (C=O) groups is 2. The van der Waals surface area contributed by atoms with Crippen LogP contribution in [0.2, 0.25) is 0 Å². The average molecular weight is 383 g/mol. The highest BCUT2D eigenvalue weighted by atomic mass is 16.5. The van der Waals surface area contributed by atoms with E-state index >= 15 is 0 Å². The van der Waals surface area contributed by atoms with Crippen molar-refractivity contribution >= 4 is 23.3 Å². The van der Waals surface area contributed by atoms with E-state index in [0.29, 0.717) is 37.3 Å². The van der Waals surface area contributed by atoms with Gasteiger partial charge in [-0.15, -0.1) is 0 Å². The third-order valence-electron chi connectivity index (χ3n) is 5.37. The molecule has 0 aliphatic heterocycles. The topological polar surface area (TPSA) is 84.2 Å². The second-order valence-corrected chi connectivity index (χ2v) is 8.68. The molecular formula is C22H29N3O3. The van der Waals surface area contributed by atoms with Gasteiger partial charge in [-0.05, 0) is 55.7 Å². The van der Waals surface area contributed by atoms with Gasteiger partial charge < -0.3 is 15.2 Å². The summed E-state index contributed by atoms with van der Waals surface area (Å²) in [4.78, 5) is 24.9. The van der Waals surface area contributed by atoms with Crippen molar-refractivity contribution in [2.75, 3.05) is 10.6 Å². The number of anilines is 2. The average Bonchev–Trinajstić information content (AvgIpc) is 3.06. The molecule has 2 aromatic rings. The van der Waals surface area contributed by atoms with Gasteiger partial charge in [-0.25, -0.2) is 0 Å². The normalized spacial score (nSPS) is 19.9. The lowest BCUT2D eigenvalue weighted by atomic mass is 9.81. The molecule has 1 saturated carbocycles. The summed E-state index contributed by atoms with van der Waals surface area (Å²) in [5.41, 5.74) is 2.14. The zero-order valence-electron chi connectivity index (χ0n) is 17.0. The molecule has 1 fully saturated rings. The van der Waals surface area contributed by atoms with Gasteiger partial charge in [-0.2, -0.15) is 0 Å². The van der Waals surface area contributed by atoms with Crippen molar-refractivity contribution in [3.63, 3.8) is 0 Å². The number of hydrogen-bond acceptors (Lipinski definition) is 4. The van der Waals surface area contributed by atoms with Crippen LogP contribution in [0.5, 0.6) is 0 Å². The first kappa shape index (κ1) is 20.1. The van der Waals surface area contributed by atoms with Gasteiger partial charge in [-0.1, -0.05) is 38.1 Å². The molecule has 6 heteroatoms. The fraction of sp³-hybridized carbons (Fsp3) is 0.500. The number of hydrogen-bond donors (Lipinski definition) is 2. The third-order valence-corrected chi connectivity index (χ3v) is 5.37. The highest BCUT2D eigenvalue weighted by Gasteiger charge is 2.30. The first-order valence-electron chi connectivity index (χ1n) is 9.88. The number of benzene rings is 1. The molecule has 1 aromatic carbocycles. The fourth-order valence-corrected chi connectivity index (χ4v) is 3.57. The second kappa shape index (κ2) is 8.17. The third kappa shape index (κ3) is 5.00. The number of nitrogens with zero attached hydrogens (tertiary/aromatic N) is 1. The molecule has 0 bridgehead atoms. The minimum Gasteiger partial charge on any atom is -0.360 e. The molecule has 3 rings (SSSR count). The number of carbonyl (C=O) groups excluding carboxylic acids is 2. The van der Waals surface area contributed by atoms with Crippen molar-refractivity contribution in [3.8, 4) is 0 Å². The maximum atomic E-state index is 12.6. The zero-order chi connectivity index (χ0) is 20.3. The lowest BCUT2D eigenvalue weighted by molar-refractivity contribution is -0.125. The van der Waals surface area contributed by atoms with Gasteiger partial charge >= 0.3 is 0 Å². The van der Waals surface area contributed by atoms with Crippen LogP contribution in [0.4, 0.5) is 11.5 Å². The van der Waals surface area contributed by atoms with Crippen LogP contribution >= 0.6 is 0 Å². The molecule has 1 aliphatic rings. The van der Waals surface area contributed by atoms with Crippen LogP contribution in [-0.2, 0) is 15.0 Å². The standard InChI is InChI=1S/C22H29N3O3/c1-14-13-19(25-28-14)24-21(27)16-7-5-15(6-8-16)20(26)23-18-11-9-17(10-12-18)22(2,3)4/h9-13,15-16H,5-8H2,1-4H3,(H,23,26)(H,24,25,27). The molecule has 2 N–H and O–H groups in total. The number of aromatic nitrogens is 1. The van der Waals surface area contributed by atoms with E-state index in [1.54, 1.807) is 13.0 Å². The van der Waals surface area contributed by atoms with Crippen molar-refractivity contribution < 1.29 is 14.1 Å². The van der Waals surface area contributed by atoms with Gasteiger partial charge in [0.2, 0.25) is 11.8 Å². The van der Waals surface area contributed by atoms with E-state index in [2.05, 4.69) is 48.7 Å². The molecule has 0 unspecified atom stereocenters. The number of aryl methyl sites for hydroxylation is 1. The summed E-state index contributed by atoms with van der Waals surface area (Å²) in [5, 5.41) is 9.60. The van der Waals surface area contributed by atoms with Crippen molar-refractivity contribution in [3.05, 3.63) is 41.7 Å². The van der Waals surface area contributed by atoms with Gasteiger partial charge in [-0.3, -0.25) is 9.59 Å². The van der Waals surface area contributed by atoms with Crippen LogP contribution in [0.3, 0.4) is 0 Å². The maximum absolute atomic E-state index is 12.6. The molecule has 0 atom stereocenters. The molecule has 6 nitrogen and oxygen atoms in total. The largest absolute Gasteiger partial charge is 0.360 e. The van der Waals surface area contributed by atoms with E-state index in [4.69, 9.17) is 4.52 Å². The van der Waals surface area contributed by atoms with Gasteiger partial charge in [0.25, 0.3) is 0 Å². The zero-order valence-corrected chi connectivity index (χ0v) is 17.0. The van der Waals surface area contributed by atoms with Gasteiger partial charge in [0.05, 0.1) is 0 Å². The molecule has 2 amide bonds. The maximum Gasteiger partial charge on any atom is 0.228 e. The van der Waals surface area contributed by atoms with Crippen LogP contribution < -0.4 is 10.6 Å². The molecule has 0 spiro atoms. The summed E-state index contributed by atoms with van der Waals surface area (Å²) in [6.45, 7) is 8.28. The summed E-state index contributed by atoms with van der Waals surface area (Å²) in [5.74, 6) is 0.944. The van der Waals surface area contributed by atoms with Gasteiger partial charge in [0.1, 0.15) is 5.76 Å². The molecule has 1 aromatic heterocycles. The Morgan fingerprint density at radius 3 is 1.96 bits per heavy atom. The molecule has 1 heterocycles. The summed E-state index contributed by atoms with van der Waals surface area (Å²) in [6.07, 6.45) is 2.82. The van der Waals surface area contributed by atoms with Crippen LogP contribution in [0.15, 0.2) is 34.9 Å². The number of amides is 2. The van der Waals surface area contributed by atoms with E-state index < -0.39 is 0 Å². The Kier molecular flexibility index (Phi) is 5.87. The van der Waals surface area contributed by atoms with Crippen molar-refractivity contribution in [2.45, 2.75) is 58.8 Å². The van der Waals surface area contributed by atoms with Gasteiger partial charge in [0, 0.05) is 23.6 Å².